The molecule has 1 saturated heterocycles. The van der Waals surface area contributed by atoms with Gasteiger partial charge in [-0.3, -0.25) is 4.79 Å². The lowest BCUT2D eigenvalue weighted by atomic mass is 9.95. The number of hydrogen-bond acceptors (Lipinski definition) is 5. The number of carbonyl (C=O) groups excluding carboxylic acids is 2. The van der Waals surface area contributed by atoms with E-state index in [1.807, 2.05) is 17.9 Å². The molecule has 0 bridgehead atoms. The Labute approximate surface area is 176 Å². The zero-order valence-electron chi connectivity index (χ0n) is 17.4. The van der Waals surface area contributed by atoms with Gasteiger partial charge < -0.3 is 19.1 Å². The number of ether oxygens (including phenoxy) is 3. The molecule has 1 amide bonds. The van der Waals surface area contributed by atoms with E-state index in [-0.39, 0.29) is 17.9 Å². The van der Waals surface area contributed by atoms with Gasteiger partial charge in [0.15, 0.2) is 0 Å². The van der Waals surface area contributed by atoms with Crippen LogP contribution in [0, 0.1) is 12.8 Å². The Bertz CT molecular complexity index is 918. The van der Waals surface area contributed by atoms with Gasteiger partial charge in [-0.05, 0) is 37.5 Å². The van der Waals surface area contributed by atoms with Crippen molar-refractivity contribution in [2.45, 2.75) is 32.4 Å². The van der Waals surface area contributed by atoms with E-state index in [0.717, 1.165) is 24.0 Å². The molecule has 0 N–H and O–H groups in total. The molecule has 6 heteroatoms. The first-order valence-corrected chi connectivity index (χ1v) is 10.4. The summed E-state index contributed by atoms with van der Waals surface area (Å²) in [4.78, 5) is 27.4. The molecule has 2 aliphatic heterocycles. The van der Waals surface area contributed by atoms with Crippen LogP contribution in [0.5, 0.6) is 5.75 Å². The molecule has 2 heterocycles. The van der Waals surface area contributed by atoms with E-state index in [1.54, 1.807) is 12.1 Å². The molecule has 0 aliphatic carbocycles. The van der Waals surface area contributed by atoms with Crippen LogP contribution < -0.4 is 4.74 Å². The molecule has 0 radical (unpaired) electrons. The van der Waals surface area contributed by atoms with Crippen molar-refractivity contribution in [2.75, 3.05) is 26.9 Å². The Morgan fingerprint density at radius 2 is 1.80 bits per heavy atom. The molecule has 2 aliphatic rings. The van der Waals surface area contributed by atoms with Crippen molar-refractivity contribution in [3.63, 3.8) is 0 Å². The molecule has 2 aromatic rings. The topological polar surface area (TPSA) is 65.1 Å². The quantitative estimate of drug-likeness (QED) is 0.724. The molecule has 30 heavy (non-hydrogen) atoms. The Balaban J connectivity index is 1.68. The maximum atomic E-state index is 13.5. The molecule has 158 valence electrons. The second-order valence-corrected chi connectivity index (χ2v) is 7.90. The number of amides is 1. The highest BCUT2D eigenvalue weighted by Gasteiger charge is 2.34. The maximum Gasteiger partial charge on any atom is 0.337 e. The summed E-state index contributed by atoms with van der Waals surface area (Å²) >= 11 is 0. The van der Waals surface area contributed by atoms with Gasteiger partial charge in [0.05, 0.1) is 25.3 Å². The van der Waals surface area contributed by atoms with E-state index in [2.05, 4.69) is 24.3 Å². The third-order valence-electron chi connectivity index (χ3n) is 5.92. The van der Waals surface area contributed by atoms with Crippen molar-refractivity contribution in [1.82, 2.24) is 4.90 Å². The monoisotopic (exact) mass is 409 g/mol. The van der Waals surface area contributed by atoms with E-state index < -0.39 is 5.97 Å². The molecule has 0 unspecified atom stereocenters. The smallest absolute Gasteiger partial charge is 0.337 e. The Morgan fingerprint density at radius 1 is 1.07 bits per heavy atom. The summed E-state index contributed by atoms with van der Waals surface area (Å²) in [6, 6.07) is 13.3. The minimum Gasteiger partial charge on any atom is -0.491 e. The second-order valence-electron chi connectivity index (χ2n) is 7.90. The van der Waals surface area contributed by atoms with Crippen molar-refractivity contribution < 1.29 is 23.8 Å². The summed E-state index contributed by atoms with van der Waals surface area (Å²) < 4.78 is 16.4. The number of rotatable bonds is 3. The van der Waals surface area contributed by atoms with Gasteiger partial charge in [-0.2, -0.15) is 0 Å². The van der Waals surface area contributed by atoms with Gasteiger partial charge in [-0.25, -0.2) is 4.79 Å². The van der Waals surface area contributed by atoms with Crippen molar-refractivity contribution in [1.29, 1.82) is 0 Å². The molecule has 4 rings (SSSR count). The van der Waals surface area contributed by atoms with Crippen LogP contribution in [0.2, 0.25) is 0 Å². The van der Waals surface area contributed by atoms with Crippen molar-refractivity contribution >= 4 is 11.9 Å². The standard InChI is InChI=1S/C24H27NO5/c1-16-3-5-17(6-4-16)21-15-30-22-13-19(24(27)28-2)7-8-20(22)14-25(21)23(26)18-9-11-29-12-10-18/h3-8,13,18,21H,9-12,14-15H2,1-2H3/t21-/m1/s1. The Kier molecular flexibility index (Phi) is 6.04. The molecule has 0 spiro atoms. The summed E-state index contributed by atoms with van der Waals surface area (Å²) in [6.07, 6.45) is 1.48. The summed E-state index contributed by atoms with van der Waals surface area (Å²) in [5, 5.41) is 0. The van der Waals surface area contributed by atoms with Gasteiger partial charge in [0.1, 0.15) is 12.4 Å². The molecule has 1 atom stereocenters. The van der Waals surface area contributed by atoms with Crippen molar-refractivity contribution in [3.8, 4) is 5.75 Å². The van der Waals surface area contributed by atoms with E-state index in [0.29, 0.717) is 37.7 Å². The van der Waals surface area contributed by atoms with Gasteiger partial charge in [0.2, 0.25) is 5.91 Å². The molecule has 2 aromatic carbocycles. The summed E-state index contributed by atoms with van der Waals surface area (Å²) in [5.41, 5.74) is 3.54. The Hall–Kier alpha value is -2.86. The first-order valence-electron chi connectivity index (χ1n) is 10.4. The number of benzene rings is 2. The number of carbonyl (C=O) groups is 2. The summed E-state index contributed by atoms with van der Waals surface area (Å²) in [5.74, 6) is 0.313. The highest BCUT2D eigenvalue weighted by molar-refractivity contribution is 5.90. The van der Waals surface area contributed by atoms with E-state index >= 15 is 0 Å². The molecule has 0 aromatic heterocycles. The molecule has 1 fully saturated rings. The lowest BCUT2D eigenvalue weighted by Crippen LogP contribution is -2.41. The van der Waals surface area contributed by atoms with Crippen LogP contribution in [-0.4, -0.2) is 43.7 Å². The molecule has 0 saturated carbocycles. The van der Waals surface area contributed by atoms with Gasteiger partial charge in [0, 0.05) is 24.7 Å². The van der Waals surface area contributed by atoms with Crippen LogP contribution in [0.1, 0.15) is 45.9 Å². The summed E-state index contributed by atoms with van der Waals surface area (Å²) in [7, 11) is 1.36. The van der Waals surface area contributed by atoms with Gasteiger partial charge >= 0.3 is 5.97 Å². The molecular weight excluding hydrogens is 382 g/mol. The Morgan fingerprint density at radius 3 is 2.50 bits per heavy atom. The lowest BCUT2D eigenvalue weighted by Gasteiger charge is -2.34. The third-order valence-corrected chi connectivity index (χ3v) is 5.92. The van der Waals surface area contributed by atoms with E-state index in [4.69, 9.17) is 14.2 Å². The molecular formula is C24H27NO5. The van der Waals surface area contributed by atoms with Crippen LogP contribution in [0.4, 0.5) is 0 Å². The van der Waals surface area contributed by atoms with E-state index in [1.165, 1.54) is 12.7 Å². The van der Waals surface area contributed by atoms with Crippen LogP contribution in [0.25, 0.3) is 0 Å². The largest absolute Gasteiger partial charge is 0.491 e. The first kappa shape index (κ1) is 20.4. The highest BCUT2D eigenvalue weighted by Crippen LogP contribution is 2.34. The minimum absolute atomic E-state index is 0.0393. The number of methoxy groups -OCH3 is 1. The summed E-state index contributed by atoms with van der Waals surface area (Å²) in [6.45, 7) is 4.05. The fourth-order valence-corrected chi connectivity index (χ4v) is 4.09. The number of esters is 1. The zero-order valence-corrected chi connectivity index (χ0v) is 17.4. The SMILES string of the molecule is COC(=O)c1ccc2c(c1)OC[C@H](c1ccc(C)cc1)N(C(=O)C1CCOCC1)C2. The minimum atomic E-state index is -0.407. The van der Waals surface area contributed by atoms with Crippen LogP contribution >= 0.6 is 0 Å². The maximum absolute atomic E-state index is 13.5. The number of nitrogens with zero attached hydrogens (tertiary/aromatic N) is 1. The fourth-order valence-electron chi connectivity index (χ4n) is 4.09. The van der Waals surface area contributed by atoms with Crippen LogP contribution in [0.3, 0.4) is 0 Å². The average Bonchev–Trinajstić information content (AvgIpc) is 2.98. The number of fused-ring (bicyclic) bond motifs is 1. The van der Waals surface area contributed by atoms with Crippen molar-refractivity contribution in [2.24, 2.45) is 5.92 Å². The van der Waals surface area contributed by atoms with Gasteiger partial charge in [0.25, 0.3) is 0 Å². The van der Waals surface area contributed by atoms with Crippen molar-refractivity contribution in [3.05, 3.63) is 64.7 Å². The van der Waals surface area contributed by atoms with Crippen LogP contribution in [-0.2, 0) is 20.8 Å². The first-order chi connectivity index (χ1) is 14.6. The fraction of sp³-hybridized carbons (Fsp3) is 0.417. The second kappa shape index (κ2) is 8.88. The normalized spacial score (nSPS) is 19.4. The van der Waals surface area contributed by atoms with Gasteiger partial charge in [-0.15, -0.1) is 0 Å². The van der Waals surface area contributed by atoms with Crippen LogP contribution in [0.15, 0.2) is 42.5 Å². The average molecular weight is 409 g/mol. The highest BCUT2D eigenvalue weighted by atomic mass is 16.5. The number of aryl methyl sites for hydroxylation is 1. The van der Waals surface area contributed by atoms with E-state index in [9.17, 15) is 9.59 Å². The number of hydrogen-bond donors (Lipinski definition) is 0. The molecule has 6 nitrogen and oxygen atoms in total. The predicted molar refractivity (Wildman–Crippen MR) is 111 cm³/mol. The predicted octanol–water partition coefficient (Wildman–Crippen LogP) is 3.67. The lowest BCUT2D eigenvalue weighted by molar-refractivity contribution is -0.142. The third kappa shape index (κ3) is 4.19. The zero-order chi connectivity index (χ0) is 21.1. The van der Waals surface area contributed by atoms with Gasteiger partial charge in [-0.1, -0.05) is 35.9 Å².